The molecule has 8 heteroatoms. The van der Waals surface area contributed by atoms with Crippen LogP contribution in [0.15, 0.2) is 23.8 Å². The second kappa shape index (κ2) is 10.0. The molecule has 4 rings (SSSR count). The average molecular weight is 551 g/mol. The van der Waals surface area contributed by atoms with Gasteiger partial charge in [0.15, 0.2) is 11.5 Å². The number of carbonyl (C=O) groups is 2. The van der Waals surface area contributed by atoms with Crippen LogP contribution in [0.1, 0.15) is 67.2 Å². The molecule has 0 aliphatic heterocycles. The molecule has 3 fully saturated rings. The second-order valence-electron chi connectivity index (χ2n) is 14.5. The number of ketones is 1. The molecule has 6 nitrogen and oxygen atoms in total. The lowest BCUT2D eigenvalue weighted by molar-refractivity contribution is -0.216. The maximum absolute atomic E-state index is 17.6. The fourth-order valence-electron chi connectivity index (χ4n) is 8.55. The van der Waals surface area contributed by atoms with Crippen LogP contribution in [0.25, 0.3) is 0 Å². The molecule has 0 heterocycles. The van der Waals surface area contributed by atoms with Gasteiger partial charge in [-0.2, -0.15) is 0 Å². The third kappa shape index (κ3) is 4.53. The van der Waals surface area contributed by atoms with E-state index in [1.807, 2.05) is 20.9 Å². The predicted octanol–water partition coefficient (Wildman–Crippen LogP) is 4.41. The number of rotatable bonds is 7. The van der Waals surface area contributed by atoms with Crippen LogP contribution in [-0.4, -0.2) is 73.0 Å². The van der Waals surface area contributed by atoms with E-state index in [0.717, 1.165) is 13.0 Å². The number of esters is 1. The van der Waals surface area contributed by atoms with Crippen molar-refractivity contribution < 1.29 is 28.2 Å². The summed E-state index contributed by atoms with van der Waals surface area (Å²) < 4.78 is 39.0. The Morgan fingerprint density at radius 1 is 1.23 bits per heavy atom. The predicted molar refractivity (Wildman–Crippen MR) is 147 cm³/mol. The lowest BCUT2D eigenvalue weighted by atomic mass is 9.43. The van der Waals surface area contributed by atoms with Gasteiger partial charge in [-0.15, -0.1) is 0 Å². The highest BCUT2D eigenvalue weighted by molar-refractivity contribution is 6.01. The summed E-state index contributed by atoms with van der Waals surface area (Å²) in [6.07, 6.45) is 2.42. The van der Waals surface area contributed by atoms with Crippen LogP contribution in [-0.2, 0) is 14.3 Å². The van der Waals surface area contributed by atoms with E-state index >= 15 is 8.78 Å². The minimum atomic E-state index is -2.17. The number of hydrogen-bond acceptors (Lipinski definition) is 6. The van der Waals surface area contributed by atoms with Crippen LogP contribution < -0.4 is 5.73 Å². The highest BCUT2D eigenvalue weighted by Crippen LogP contribution is 2.73. The number of carbonyl (C=O) groups excluding carboxylic acids is 2. The quantitative estimate of drug-likeness (QED) is 0.457. The van der Waals surface area contributed by atoms with E-state index < -0.39 is 40.1 Å². The maximum atomic E-state index is 17.6. The highest BCUT2D eigenvalue weighted by Gasteiger charge is 2.76. The van der Waals surface area contributed by atoms with Crippen molar-refractivity contribution in [2.24, 2.45) is 45.1 Å². The molecule has 3 saturated carbocycles. The van der Waals surface area contributed by atoms with E-state index in [2.05, 4.69) is 25.7 Å². The van der Waals surface area contributed by atoms with Gasteiger partial charge in [-0.05, 0) is 93.5 Å². The van der Waals surface area contributed by atoms with E-state index in [1.165, 1.54) is 18.2 Å². The van der Waals surface area contributed by atoms with Crippen molar-refractivity contribution in [2.75, 3.05) is 33.3 Å². The molecule has 9 unspecified atom stereocenters. The lowest BCUT2D eigenvalue weighted by Crippen LogP contribution is -2.69. The number of nitrogens with two attached hydrogens (primary N) is 1. The Labute approximate surface area is 232 Å². The first-order chi connectivity index (χ1) is 18.0. The molecule has 3 N–H and O–H groups in total. The summed E-state index contributed by atoms with van der Waals surface area (Å²) in [5.74, 6) is -2.11. The number of aliphatic hydroxyl groups excluding tert-OH is 1. The molecule has 4 aliphatic rings. The van der Waals surface area contributed by atoms with Gasteiger partial charge in [0.2, 0.25) is 0 Å². The molecule has 39 heavy (non-hydrogen) atoms. The minimum absolute atomic E-state index is 0.0444. The van der Waals surface area contributed by atoms with Gasteiger partial charge in [0.1, 0.15) is 12.8 Å². The first-order valence-electron chi connectivity index (χ1n) is 14.5. The van der Waals surface area contributed by atoms with Gasteiger partial charge in [0.05, 0.1) is 11.5 Å². The van der Waals surface area contributed by atoms with Crippen molar-refractivity contribution in [3.63, 3.8) is 0 Å². The van der Waals surface area contributed by atoms with Crippen molar-refractivity contribution in [3.05, 3.63) is 23.8 Å². The Morgan fingerprint density at radius 3 is 2.51 bits per heavy atom. The van der Waals surface area contributed by atoms with E-state index in [-0.39, 0.29) is 60.6 Å². The molecule has 9 atom stereocenters. The molecule has 220 valence electrons. The van der Waals surface area contributed by atoms with Crippen molar-refractivity contribution in [2.45, 2.75) is 85.2 Å². The Balaban J connectivity index is 1.76. The number of fused-ring (bicyclic) bond motifs is 5. The van der Waals surface area contributed by atoms with E-state index in [9.17, 15) is 14.7 Å². The monoisotopic (exact) mass is 550 g/mol. The summed E-state index contributed by atoms with van der Waals surface area (Å²) >= 11 is 0. The molecular weight excluding hydrogens is 502 g/mol. The summed E-state index contributed by atoms with van der Waals surface area (Å²) in [5.41, 5.74) is 0.464. The lowest BCUT2D eigenvalue weighted by Gasteiger charge is -2.63. The molecule has 0 spiro atoms. The summed E-state index contributed by atoms with van der Waals surface area (Å²) in [7, 11) is 2.04. The zero-order valence-corrected chi connectivity index (χ0v) is 24.7. The number of nitrogens with zero attached hydrogens (tertiary/aromatic N) is 1. The Bertz CT molecular complexity index is 1060. The van der Waals surface area contributed by atoms with Gasteiger partial charge >= 0.3 is 5.97 Å². The topological polar surface area (TPSA) is 92.9 Å². The van der Waals surface area contributed by atoms with E-state index in [1.54, 1.807) is 6.92 Å². The molecule has 0 aromatic rings. The summed E-state index contributed by atoms with van der Waals surface area (Å²) in [6.45, 7) is 13.8. The summed E-state index contributed by atoms with van der Waals surface area (Å²) in [5, 5.41) is 11.6. The van der Waals surface area contributed by atoms with Gasteiger partial charge in [0, 0.05) is 24.4 Å². The van der Waals surface area contributed by atoms with Gasteiger partial charge in [-0.25, -0.2) is 8.78 Å². The third-order valence-corrected chi connectivity index (χ3v) is 11.1. The molecule has 0 radical (unpaired) electrons. The second-order valence-corrected chi connectivity index (χ2v) is 14.5. The molecule has 0 amide bonds. The van der Waals surface area contributed by atoms with Gasteiger partial charge in [-0.1, -0.05) is 33.8 Å². The smallest absolute Gasteiger partial charge is 0.312 e. The maximum Gasteiger partial charge on any atom is 0.312 e. The van der Waals surface area contributed by atoms with Crippen LogP contribution in [0.2, 0.25) is 0 Å². The summed E-state index contributed by atoms with van der Waals surface area (Å²) in [4.78, 5) is 28.2. The first-order valence-corrected chi connectivity index (χ1v) is 14.5. The SMILES string of the molecule is CN(CCC(C)(C)C)CC1CC2C3CC(F)C4=CC(=O)C=CC4(C)C3(F)C(O)CC2(C)C1(C)C(=O)OCCN. The molecule has 0 aromatic heterocycles. The first kappa shape index (κ1) is 30.3. The van der Waals surface area contributed by atoms with Crippen LogP contribution in [0.3, 0.4) is 0 Å². The Kier molecular flexibility index (Phi) is 7.79. The van der Waals surface area contributed by atoms with Gasteiger partial charge in [-0.3, -0.25) is 9.59 Å². The normalized spacial score (nSPS) is 43.5. The van der Waals surface area contributed by atoms with Crippen LogP contribution in [0.4, 0.5) is 8.78 Å². The number of halogens is 2. The number of alkyl halides is 2. The van der Waals surface area contributed by atoms with Crippen LogP contribution >= 0.6 is 0 Å². The zero-order valence-electron chi connectivity index (χ0n) is 24.7. The van der Waals surface area contributed by atoms with Crippen molar-refractivity contribution in [1.82, 2.24) is 4.90 Å². The Hall–Kier alpha value is -1.64. The number of hydrogen-bond donors (Lipinski definition) is 2. The van der Waals surface area contributed by atoms with E-state index in [0.29, 0.717) is 13.0 Å². The number of ether oxygens (including phenoxy) is 1. The fourth-order valence-corrected chi connectivity index (χ4v) is 8.55. The standard InChI is InChI=1S/C31H48F2N2O4/c1-27(2,3)10-12-35(7)18-19-14-21-22-16-24(32)23-15-20(36)8-9-28(23,4)31(22,33)25(37)17-29(21,5)30(19,6)26(38)39-13-11-34/h8-9,15,19,21-22,24-25,37H,10-14,16-18,34H2,1-7H3. The van der Waals surface area contributed by atoms with Crippen molar-refractivity contribution in [1.29, 1.82) is 0 Å². The fraction of sp³-hybridized carbons (Fsp3) is 0.806. The van der Waals surface area contributed by atoms with Crippen molar-refractivity contribution in [3.8, 4) is 0 Å². The van der Waals surface area contributed by atoms with Crippen molar-refractivity contribution >= 4 is 11.8 Å². The minimum Gasteiger partial charge on any atom is -0.464 e. The van der Waals surface area contributed by atoms with Crippen LogP contribution in [0.5, 0.6) is 0 Å². The third-order valence-electron chi connectivity index (χ3n) is 11.1. The van der Waals surface area contributed by atoms with Crippen LogP contribution in [0, 0.1) is 39.4 Å². The number of allylic oxidation sites excluding steroid dienone is 4. The molecule has 0 bridgehead atoms. The summed E-state index contributed by atoms with van der Waals surface area (Å²) in [6, 6.07) is 0. The number of aliphatic hydroxyl groups is 1. The highest BCUT2D eigenvalue weighted by atomic mass is 19.1. The van der Waals surface area contributed by atoms with E-state index in [4.69, 9.17) is 10.5 Å². The van der Waals surface area contributed by atoms with Gasteiger partial charge in [0.25, 0.3) is 0 Å². The zero-order chi connectivity index (χ0) is 29.2. The Morgan fingerprint density at radius 2 is 1.90 bits per heavy atom. The molecule has 0 aromatic carbocycles. The molecular formula is C31H48F2N2O4. The largest absolute Gasteiger partial charge is 0.464 e. The average Bonchev–Trinajstić information content (AvgIpc) is 3.06. The van der Waals surface area contributed by atoms with Gasteiger partial charge < -0.3 is 20.5 Å². The molecule has 0 saturated heterocycles. The molecule has 4 aliphatic carbocycles.